The number of carbonyl (C=O) groups excluding carboxylic acids is 1. The topological polar surface area (TPSA) is 88.4 Å². The van der Waals surface area contributed by atoms with Crippen LogP contribution in [0.3, 0.4) is 0 Å². The van der Waals surface area contributed by atoms with Crippen molar-refractivity contribution in [2.24, 2.45) is 0 Å². The number of hydrogen-bond donors (Lipinski definition) is 1. The average Bonchev–Trinajstić information content (AvgIpc) is 3.19. The molecule has 1 unspecified atom stereocenters. The van der Waals surface area contributed by atoms with E-state index in [1.54, 1.807) is 25.5 Å². The van der Waals surface area contributed by atoms with Gasteiger partial charge in [-0.05, 0) is 39.5 Å². The maximum absolute atomic E-state index is 14.0. The van der Waals surface area contributed by atoms with Crippen LogP contribution in [-0.2, 0) is 11.3 Å². The summed E-state index contributed by atoms with van der Waals surface area (Å²) in [5, 5.41) is 0.894. The number of benzene rings is 1. The normalized spacial score (nSPS) is 15.9. The summed E-state index contributed by atoms with van der Waals surface area (Å²) < 4.78 is 39.7. The second-order valence-electron chi connectivity index (χ2n) is 7.26. The summed E-state index contributed by atoms with van der Waals surface area (Å²) in [4.78, 5) is 33.7. The average molecular weight is 490 g/mol. The van der Waals surface area contributed by atoms with Gasteiger partial charge in [-0.15, -0.1) is 0 Å². The molecule has 1 aliphatic rings. The standard InChI is InChI=1S/C21H14BrF2N3O4/c1-27(21(29)17-2-9-5-25-6-12(22)19(9)31-17)16-8-30-7-15-18(16)10-3-13(23)14(24)4-11(10)20(28)26-15/h2-6,16H,7-8H2,1H3,(H,26,28). The van der Waals surface area contributed by atoms with Gasteiger partial charge >= 0.3 is 0 Å². The van der Waals surface area contributed by atoms with Gasteiger partial charge in [0.25, 0.3) is 11.5 Å². The molecule has 1 atom stereocenters. The number of fused-ring (bicyclic) bond motifs is 4. The number of hydrogen-bond acceptors (Lipinski definition) is 5. The molecule has 7 nitrogen and oxygen atoms in total. The molecule has 0 saturated heterocycles. The van der Waals surface area contributed by atoms with E-state index >= 15 is 0 Å². The van der Waals surface area contributed by atoms with Crippen molar-refractivity contribution in [3.05, 3.63) is 74.1 Å². The van der Waals surface area contributed by atoms with Crippen LogP contribution in [0.1, 0.15) is 27.9 Å². The van der Waals surface area contributed by atoms with Gasteiger partial charge in [0.1, 0.15) is 0 Å². The summed E-state index contributed by atoms with van der Waals surface area (Å²) in [5.74, 6) is -2.54. The van der Waals surface area contributed by atoms with Gasteiger partial charge < -0.3 is 19.0 Å². The largest absolute Gasteiger partial charge is 0.450 e. The number of aromatic amines is 1. The number of carbonyl (C=O) groups is 1. The number of nitrogens with zero attached hydrogens (tertiary/aromatic N) is 2. The second kappa shape index (κ2) is 7.24. The molecule has 0 spiro atoms. The van der Waals surface area contributed by atoms with Crippen molar-refractivity contribution in [2.75, 3.05) is 13.7 Å². The molecule has 158 valence electrons. The summed E-state index contributed by atoms with van der Waals surface area (Å²) in [6, 6.07) is 2.77. The molecule has 3 aromatic heterocycles. The van der Waals surface area contributed by atoms with E-state index in [9.17, 15) is 18.4 Å². The Kier molecular flexibility index (Phi) is 4.63. The molecular formula is C21H14BrF2N3O4. The maximum Gasteiger partial charge on any atom is 0.289 e. The molecule has 4 heterocycles. The van der Waals surface area contributed by atoms with Crippen LogP contribution >= 0.6 is 15.9 Å². The number of H-pyrrole nitrogens is 1. The van der Waals surface area contributed by atoms with Crippen molar-refractivity contribution >= 4 is 43.6 Å². The molecule has 10 heteroatoms. The molecule has 1 amide bonds. The molecule has 0 bridgehead atoms. The lowest BCUT2D eigenvalue weighted by atomic mass is 9.95. The minimum atomic E-state index is -1.12. The predicted octanol–water partition coefficient (Wildman–Crippen LogP) is 4.05. The first kappa shape index (κ1) is 19.8. The van der Waals surface area contributed by atoms with E-state index in [4.69, 9.17) is 9.15 Å². The van der Waals surface area contributed by atoms with Gasteiger partial charge in [-0.3, -0.25) is 14.6 Å². The zero-order valence-corrected chi connectivity index (χ0v) is 17.6. The van der Waals surface area contributed by atoms with Gasteiger partial charge in [-0.2, -0.15) is 0 Å². The number of nitrogens with one attached hydrogen (secondary N) is 1. The van der Waals surface area contributed by atoms with Crippen LogP contribution < -0.4 is 5.56 Å². The number of likely N-dealkylation sites (N-methyl/N-ethyl adjacent to an activating group) is 1. The third kappa shape index (κ3) is 3.14. The Morgan fingerprint density at radius 2 is 1.97 bits per heavy atom. The molecule has 5 rings (SSSR count). The second-order valence-corrected chi connectivity index (χ2v) is 8.11. The van der Waals surface area contributed by atoms with Gasteiger partial charge in [-0.1, -0.05) is 0 Å². The highest BCUT2D eigenvalue weighted by Crippen LogP contribution is 2.35. The Morgan fingerprint density at radius 3 is 2.71 bits per heavy atom. The van der Waals surface area contributed by atoms with Crippen molar-refractivity contribution in [1.82, 2.24) is 14.9 Å². The number of amides is 1. The Morgan fingerprint density at radius 1 is 1.23 bits per heavy atom. The number of rotatable bonds is 2. The Hall–Kier alpha value is -3.11. The zero-order valence-electron chi connectivity index (χ0n) is 16.0. The fourth-order valence-electron chi connectivity index (χ4n) is 3.90. The van der Waals surface area contributed by atoms with Crippen LogP contribution in [0.15, 0.2) is 44.3 Å². The van der Waals surface area contributed by atoms with Gasteiger partial charge in [0, 0.05) is 36.1 Å². The zero-order chi connectivity index (χ0) is 21.9. The third-order valence-corrected chi connectivity index (χ3v) is 5.98. The fourth-order valence-corrected chi connectivity index (χ4v) is 4.33. The molecular weight excluding hydrogens is 476 g/mol. The van der Waals surface area contributed by atoms with Crippen LogP contribution in [0.25, 0.3) is 21.7 Å². The van der Waals surface area contributed by atoms with Crippen molar-refractivity contribution in [1.29, 1.82) is 0 Å². The summed E-state index contributed by atoms with van der Waals surface area (Å²) >= 11 is 3.34. The molecule has 1 aromatic carbocycles. The first-order valence-corrected chi connectivity index (χ1v) is 10.1. The molecule has 31 heavy (non-hydrogen) atoms. The minimum absolute atomic E-state index is 0.00383. The smallest absolute Gasteiger partial charge is 0.289 e. The molecule has 4 aromatic rings. The molecule has 0 radical (unpaired) electrons. The lowest BCUT2D eigenvalue weighted by Gasteiger charge is -2.33. The summed E-state index contributed by atoms with van der Waals surface area (Å²) in [5.41, 5.74) is 0.852. The van der Waals surface area contributed by atoms with Crippen LogP contribution in [0.2, 0.25) is 0 Å². The Balaban J connectivity index is 1.62. The molecule has 0 aliphatic carbocycles. The van der Waals surface area contributed by atoms with E-state index in [1.807, 2.05) is 0 Å². The monoisotopic (exact) mass is 489 g/mol. The van der Waals surface area contributed by atoms with E-state index in [1.165, 1.54) is 4.90 Å². The fraction of sp³-hybridized carbons (Fsp3) is 0.190. The van der Waals surface area contributed by atoms with Crippen LogP contribution in [0.5, 0.6) is 0 Å². The molecule has 0 saturated carbocycles. The van der Waals surface area contributed by atoms with Crippen LogP contribution in [-0.4, -0.2) is 34.4 Å². The molecule has 1 aliphatic heterocycles. The number of furan rings is 1. The summed E-state index contributed by atoms with van der Waals surface area (Å²) in [7, 11) is 1.56. The highest BCUT2D eigenvalue weighted by atomic mass is 79.9. The Labute approximate surface area is 181 Å². The molecule has 0 fully saturated rings. The van der Waals surface area contributed by atoms with Crippen LogP contribution in [0, 0.1) is 11.6 Å². The van der Waals surface area contributed by atoms with Crippen molar-refractivity contribution in [3.8, 4) is 0 Å². The van der Waals surface area contributed by atoms with Crippen molar-refractivity contribution < 1.29 is 22.7 Å². The first-order valence-electron chi connectivity index (χ1n) is 9.27. The number of aromatic nitrogens is 2. The number of pyridine rings is 2. The summed E-state index contributed by atoms with van der Waals surface area (Å²) in [6.45, 7) is 0.197. The predicted molar refractivity (Wildman–Crippen MR) is 111 cm³/mol. The highest BCUT2D eigenvalue weighted by molar-refractivity contribution is 9.10. The van der Waals surface area contributed by atoms with Crippen molar-refractivity contribution in [3.63, 3.8) is 0 Å². The molecule has 1 N–H and O–H groups in total. The minimum Gasteiger partial charge on any atom is -0.450 e. The maximum atomic E-state index is 14.0. The van der Waals surface area contributed by atoms with Crippen LogP contribution in [0.4, 0.5) is 8.78 Å². The van der Waals surface area contributed by atoms with E-state index < -0.39 is 29.1 Å². The SMILES string of the molecule is CN(C(=O)c1cc2cncc(Br)c2o1)C1COCc2[nH]c(=O)c3cc(F)c(F)cc3c21. The lowest BCUT2D eigenvalue weighted by Crippen LogP contribution is -2.37. The highest BCUT2D eigenvalue weighted by Gasteiger charge is 2.32. The van der Waals surface area contributed by atoms with Crippen molar-refractivity contribution in [2.45, 2.75) is 12.6 Å². The quantitative estimate of drug-likeness (QED) is 0.458. The summed E-state index contributed by atoms with van der Waals surface area (Å²) in [6.07, 6.45) is 3.14. The third-order valence-electron chi connectivity index (χ3n) is 5.42. The Bertz CT molecular complexity index is 1430. The van der Waals surface area contributed by atoms with Gasteiger partial charge in [-0.25, -0.2) is 8.78 Å². The van der Waals surface area contributed by atoms with E-state index in [-0.39, 0.29) is 29.7 Å². The van der Waals surface area contributed by atoms with E-state index in [0.29, 0.717) is 26.7 Å². The lowest BCUT2D eigenvalue weighted by molar-refractivity contribution is 0.0320. The first-order chi connectivity index (χ1) is 14.8. The van der Waals surface area contributed by atoms with Gasteiger partial charge in [0.15, 0.2) is 23.0 Å². The van der Waals surface area contributed by atoms with E-state index in [2.05, 4.69) is 25.9 Å². The van der Waals surface area contributed by atoms with Gasteiger partial charge in [0.05, 0.1) is 29.1 Å². The number of halogens is 3. The van der Waals surface area contributed by atoms with Gasteiger partial charge in [0.2, 0.25) is 0 Å². The number of ether oxygens (including phenoxy) is 1. The van der Waals surface area contributed by atoms with E-state index in [0.717, 1.165) is 12.1 Å².